The standard InChI is InChI=1S/C13H14N4O2S/c1-4-5-17-12(19)10(11(18)15-13(17)20)6-9-7-14-16(3)8(9)2/h4,6-7H,1,5H2,2-3H3,(H,15,18,20). The van der Waals surface area contributed by atoms with Gasteiger partial charge in [0.15, 0.2) is 5.11 Å². The van der Waals surface area contributed by atoms with E-state index in [4.69, 9.17) is 12.2 Å². The molecule has 1 aromatic heterocycles. The average Bonchev–Trinajstić information content (AvgIpc) is 2.71. The molecule has 0 bridgehead atoms. The summed E-state index contributed by atoms with van der Waals surface area (Å²) in [5, 5.41) is 6.67. The predicted molar refractivity (Wildman–Crippen MR) is 78.6 cm³/mol. The van der Waals surface area contributed by atoms with Crippen LogP contribution in [0.15, 0.2) is 24.4 Å². The maximum Gasteiger partial charge on any atom is 0.265 e. The number of nitrogens with one attached hydrogen (secondary N) is 1. The zero-order valence-corrected chi connectivity index (χ0v) is 12.0. The van der Waals surface area contributed by atoms with Crippen molar-refractivity contribution in [1.82, 2.24) is 20.0 Å². The van der Waals surface area contributed by atoms with E-state index >= 15 is 0 Å². The van der Waals surface area contributed by atoms with Crippen LogP contribution in [0.5, 0.6) is 0 Å². The van der Waals surface area contributed by atoms with Crippen molar-refractivity contribution in [3.63, 3.8) is 0 Å². The molecule has 1 N–H and O–H groups in total. The van der Waals surface area contributed by atoms with Gasteiger partial charge in [-0.25, -0.2) is 0 Å². The molecular formula is C13H14N4O2S. The maximum atomic E-state index is 12.3. The summed E-state index contributed by atoms with van der Waals surface area (Å²) >= 11 is 4.98. The highest BCUT2D eigenvalue weighted by Gasteiger charge is 2.32. The third-order valence-electron chi connectivity index (χ3n) is 3.07. The van der Waals surface area contributed by atoms with Gasteiger partial charge < -0.3 is 0 Å². The number of thiocarbonyl (C=S) groups is 1. The maximum absolute atomic E-state index is 12.3. The van der Waals surface area contributed by atoms with Crippen LogP contribution in [0.1, 0.15) is 11.3 Å². The summed E-state index contributed by atoms with van der Waals surface area (Å²) in [5.74, 6) is -0.925. The first-order chi connectivity index (χ1) is 9.45. The number of hydrogen-bond donors (Lipinski definition) is 1. The lowest BCUT2D eigenvalue weighted by molar-refractivity contribution is -0.128. The molecule has 2 heterocycles. The van der Waals surface area contributed by atoms with E-state index < -0.39 is 11.8 Å². The lowest BCUT2D eigenvalue weighted by Crippen LogP contribution is -2.53. The van der Waals surface area contributed by atoms with Gasteiger partial charge in [0.25, 0.3) is 11.8 Å². The van der Waals surface area contributed by atoms with Gasteiger partial charge in [-0.15, -0.1) is 6.58 Å². The largest absolute Gasteiger partial charge is 0.298 e. The van der Waals surface area contributed by atoms with E-state index in [9.17, 15) is 9.59 Å². The summed E-state index contributed by atoms with van der Waals surface area (Å²) in [6, 6.07) is 0. The fraction of sp³-hybridized carbons (Fsp3) is 0.231. The zero-order valence-electron chi connectivity index (χ0n) is 11.2. The Hall–Kier alpha value is -2.28. The Morgan fingerprint density at radius 2 is 2.20 bits per heavy atom. The number of nitrogens with zero attached hydrogens (tertiary/aromatic N) is 3. The van der Waals surface area contributed by atoms with Crippen LogP contribution in [0.3, 0.4) is 0 Å². The second kappa shape index (κ2) is 5.38. The van der Waals surface area contributed by atoms with Gasteiger partial charge in [0.05, 0.1) is 6.20 Å². The normalized spacial score (nSPS) is 17.6. The highest BCUT2D eigenvalue weighted by molar-refractivity contribution is 7.80. The molecule has 1 saturated heterocycles. The minimum Gasteiger partial charge on any atom is -0.298 e. The smallest absolute Gasteiger partial charge is 0.265 e. The van der Waals surface area contributed by atoms with E-state index in [2.05, 4.69) is 17.0 Å². The number of rotatable bonds is 3. The predicted octanol–water partition coefficient (Wildman–Crippen LogP) is 0.541. The molecule has 1 aromatic rings. The Kier molecular flexibility index (Phi) is 3.80. The molecule has 2 amide bonds. The Balaban J connectivity index is 2.41. The average molecular weight is 290 g/mol. The SMILES string of the molecule is C=CCN1C(=O)C(=Cc2cnn(C)c2C)C(=O)NC1=S. The first kappa shape index (κ1) is 14.1. The van der Waals surface area contributed by atoms with Crippen molar-refractivity contribution < 1.29 is 9.59 Å². The molecular weight excluding hydrogens is 276 g/mol. The van der Waals surface area contributed by atoms with Gasteiger partial charge in [0.2, 0.25) is 0 Å². The minimum absolute atomic E-state index is 0.0385. The van der Waals surface area contributed by atoms with Crippen molar-refractivity contribution in [3.05, 3.63) is 35.7 Å². The van der Waals surface area contributed by atoms with Crippen molar-refractivity contribution in [2.45, 2.75) is 6.92 Å². The van der Waals surface area contributed by atoms with Crippen LogP contribution >= 0.6 is 12.2 Å². The van der Waals surface area contributed by atoms with Crippen LogP contribution in [0.25, 0.3) is 6.08 Å². The first-order valence-corrected chi connectivity index (χ1v) is 6.35. The van der Waals surface area contributed by atoms with E-state index in [1.54, 1.807) is 24.0 Å². The quantitative estimate of drug-likeness (QED) is 0.382. The number of amides is 2. The van der Waals surface area contributed by atoms with Gasteiger partial charge >= 0.3 is 0 Å². The Bertz CT molecular complexity index is 645. The molecule has 0 aromatic carbocycles. The molecule has 2 rings (SSSR count). The van der Waals surface area contributed by atoms with E-state index in [1.165, 1.54) is 11.0 Å². The third kappa shape index (κ3) is 2.39. The van der Waals surface area contributed by atoms with E-state index in [0.717, 1.165) is 11.3 Å². The van der Waals surface area contributed by atoms with Crippen molar-refractivity contribution in [2.75, 3.05) is 6.54 Å². The summed E-state index contributed by atoms with van der Waals surface area (Å²) < 4.78 is 1.67. The molecule has 0 spiro atoms. The number of aromatic nitrogens is 2. The Morgan fingerprint density at radius 3 is 2.75 bits per heavy atom. The second-order valence-electron chi connectivity index (χ2n) is 4.33. The topological polar surface area (TPSA) is 67.2 Å². The van der Waals surface area contributed by atoms with E-state index in [-0.39, 0.29) is 17.2 Å². The summed E-state index contributed by atoms with van der Waals surface area (Å²) in [5.41, 5.74) is 1.62. The Labute approximate surface area is 121 Å². The van der Waals surface area contributed by atoms with Crippen molar-refractivity contribution in [1.29, 1.82) is 0 Å². The number of aryl methyl sites for hydroxylation is 1. The summed E-state index contributed by atoms with van der Waals surface area (Å²) in [6.45, 7) is 5.68. The van der Waals surface area contributed by atoms with Gasteiger partial charge in [-0.3, -0.25) is 24.5 Å². The molecule has 1 aliphatic heterocycles. The molecule has 0 atom stereocenters. The molecule has 0 saturated carbocycles. The van der Waals surface area contributed by atoms with Crippen LogP contribution in [0, 0.1) is 6.92 Å². The van der Waals surface area contributed by atoms with Crippen molar-refractivity contribution >= 4 is 35.2 Å². The van der Waals surface area contributed by atoms with E-state index in [0.29, 0.717) is 0 Å². The molecule has 104 valence electrons. The van der Waals surface area contributed by atoms with Crippen LogP contribution < -0.4 is 5.32 Å². The van der Waals surface area contributed by atoms with Crippen LogP contribution in [0.4, 0.5) is 0 Å². The Morgan fingerprint density at radius 1 is 1.50 bits per heavy atom. The number of carbonyl (C=O) groups is 2. The number of hydrogen-bond acceptors (Lipinski definition) is 4. The molecule has 7 heteroatoms. The minimum atomic E-state index is -0.497. The fourth-order valence-corrected chi connectivity index (χ4v) is 2.05. The van der Waals surface area contributed by atoms with Gasteiger partial charge in [0.1, 0.15) is 5.57 Å². The van der Waals surface area contributed by atoms with Gasteiger partial charge in [0, 0.05) is 24.8 Å². The van der Waals surface area contributed by atoms with Crippen LogP contribution in [-0.2, 0) is 16.6 Å². The zero-order chi connectivity index (χ0) is 14.9. The molecule has 6 nitrogen and oxygen atoms in total. The molecule has 0 unspecified atom stereocenters. The second-order valence-corrected chi connectivity index (χ2v) is 4.72. The van der Waals surface area contributed by atoms with E-state index in [1.807, 2.05) is 6.92 Å². The highest BCUT2D eigenvalue weighted by Crippen LogP contribution is 2.16. The molecule has 1 aliphatic rings. The first-order valence-electron chi connectivity index (χ1n) is 5.94. The van der Waals surface area contributed by atoms with Crippen molar-refractivity contribution in [2.24, 2.45) is 7.05 Å². The van der Waals surface area contributed by atoms with Gasteiger partial charge in [-0.2, -0.15) is 5.10 Å². The lowest BCUT2D eigenvalue weighted by atomic mass is 10.1. The summed E-state index contributed by atoms with van der Waals surface area (Å²) in [7, 11) is 1.79. The molecule has 20 heavy (non-hydrogen) atoms. The van der Waals surface area contributed by atoms with Crippen LogP contribution in [0.2, 0.25) is 0 Å². The monoisotopic (exact) mass is 290 g/mol. The van der Waals surface area contributed by atoms with Gasteiger partial charge in [-0.1, -0.05) is 6.08 Å². The molecule has 1 fully saturated rings. The van der Waals surface area contributed by atoms with Crippen molar-refractivity contribution in [3.8, 4) is 0 Å². The summed E-state index contributed by atoms with van der Waals surface area (Å²) in [4.78, 5) is 25.5. The van der Waals surface area contributed by atoms with Crippen LogP contribution in [-0.4, -0.2) is 38.2 Å². The summed E-state index contributed by atoms with van der Waals surface area (Å²) in [6.07, 6.45) is 4.68. The van der Waals surface area contributed by atoms with Gasteiger partial charge in [-0.05, 0) is 25.2 Å². The third-order valence-corrected chi connectivity index (χ3v) is 3.39. The number of carbonyl (C=O) groups excluding carboxylic acids is 2. The molecule has 0 radical (unpaired) electrons. The fourth-order valence-electron chi connectivity index (χ4n) is 1.80. The lowest BCUT2D eigenvalue weighted by Gasteiger charge is -2.27. The highest BCUT2D eigenvalue weighted by atomic mass is 32.1. The molecule has 0 aliphatic carbocycles.